The zero-order valence-corrected chi connectivity index (χ0v) is 11.7. The fourth-order valence-corrected chi connectivity index (χ4v) is 2.39. The van der Waals surface area contributed by atoms with E-state index < -0.39 is 0 Å². The van der Waals surface area contributed by atoms with Gasteiger partial charge in [0.15, 0.2) is 0 Å². The minimum atomic E-state index is -0.167. The van der Waals surface area contributed by atoms with E-state index in [-0.39, 0.29) is 12.6 Å². The summed E-state index contributed by atoms with van der Waals surface area (Å²) in [6, 6.07) is 5.72. The number of carbonyl (C=O) groups is 1. The van der Waals surface area contributed by atoms with Crippen molar-refractivity contribution in [3.63, 3.8) is 0 Å². The van der Waals surface area contributed by atoms with Gasteiger partial charge in [-0.15, -0.1) is 0 Å². The molecule has 4 heteroatoms. The van der Waals surface area contributed by atoms with Crippen molar-refractivity contribution < 1.29 is 9.90 Å². The number of hydrogen-bond donors (Lipinski definition) is 3. The second-order valence-electron chi connectivity index (χ2n) is 5.07. The van der Waals surface area contributed by atoms with E-state index in [0.29, 0.717) is 11.7 Å². The first kappa shape index (κ1) is 14.4. The van der Waals surface area contributed by atoms with Crippen LogP contribution in [0.25, 0.3) is 0 Å². The standard InChI is InChI=1S/C16H20N2O2/c1-12-8-9-15(11-13(12)5-4-10-19)18-16(20)17-14-6-2-3-7-14/h8-9,11,14,19H,2-3,6-7,10H2,1H3,(H2,17,18,20). The predicted octanol–water partition coefficient (Wildman–Crippen LogP) is 2.40. The van der Waals surface area contributed by atoms with E-state index in [9.17, 15) is 4.79 Å². The van der Waals surface area contributed by atoms with Gasteiger partial charge >= 0.3 is 6.03 Å². The second kappa shape index (κ2) is 6.97. The van der Waals surface area contributed by atoms with Crippen LogP contribution in [0.15, 0.2) is 18.2 Å². The molecule has 20 heavy (non-hydrogen) atoms. The number of aliphatic hydroxyl groups is 1. The lowest BCUT2D eigenvalue weighted by atomic mass is 10.1. The van der Waals surface area contributed by atoms with Crippen LogP contribution in [0.2, 0.25) is 0 Å². The summed E-state index contributed by atoms with van der Waals surface area (Å²) in [7, 11) is 0. The molecule has 0 spiro atoms. The zero-order chi connectivity index (χ0) is 14.4. The van der Waals surface area contributed by atoms with Gasteiger partial charge < -0.3 is 15.7 Å². The molecular weight excluding hydrogens is 252 g/mol. The predicted molar refractivity (Wildman–Crippen MR) is 79.6 cm³/mol. The number of amides is 2. The summed E-state index contributed by atoms with van der Waals surface area (Å²) in [6.45, 7) is 1.78. The fraction of sp³-hybridized carbons (Fsp3) is 0.438. The molecule has 2 amide bonds. The topological polar surface area (TPSA) is 61.4 Å². The van der Waals surface area contributed by atoms with Crippen molar-refractivity contribution in [2.75, 3.05) is 11.9 Å². The Labute approximate surface area is 119 Å². The molecule has 0 atom stereocenters. The van der Waals surface area contributed by atoms with Crippen molar-refractivity contribution >= 4 is 11.7 Å². The van der Waals surface area contributed by atoms with Crippen molar-refractivity contribution in [1.82, 2.24) is 5.32 Å². The fourth-order valence-electron chi connectivity index (χ4n) is 2.39. The van der Waals surface area contributed by atoms with E-state index in [4.69, 9.17) is 5.11 Å². The van der Waals surface area contributed by atoms with Crippen LogP contribution in [0.5, 0.6) is 0 Å². The molecule has 1 fully saturated rings. The van der Waals surface area contributed by atoms with Crippen LogP contribution in [0, 0.1) is 18.8 Å². The van der Waals surface area contributed by atoms with E-state index in [0.717, 1.165) is 24.0 Å². The molecular formula is C16H20N2O2. The minimum absolute atomic E-state index is 0.165. The van der Waals surface area contributed by atoms with Gasteiger partial charge in [-0.25, -0.2) is 4.79 Å². The molecule has 3 N–H and O–H groups in total. The third-order valence-corrected chi connectivity index (χ3v) is 3.49. The second-order valence-corrected chi connectivity index (χ2v) is 5.07. The van der Waals surface area contributed by atoms with Gasteiger partial charge in [-0.05, 0) is 37.5 Å². The molecule has 1 saturated carbocycles. The Kier molecular flexibility index (Phi) is 5.03. The van der Waals surface area contributed by atoms with Crippen molar-refractivity contribution in [3.8, 4) is 11.8 Å². The van der Waals surface area contributed by atoms with Gasteiger partial charge in [0.05, 0.1) is 0 Å². The number of nitrogens with one attached hydrogen (secondary N) is 2. The summed E-state index contributed by atoms with van der Waals surface area (Å²) in [6.07, 6.45) is 4.51. The summed E-state index contributed by atoms with van der Waals surface area (Å²) < 4.78 is 0. The number of anilines is 1. The van der Waals surface area contributed by atoms with Gasteiger partial charge in [0, 0.05) is 17.3 Å². The molecule has 0 bridgehead atoms. The highest BCUT2D eigenvalue weighted by Crippen LogP contribution is 2.18. The van der Waals surface area contributed by atoms with Crippen molar-refractivity contribution in [3.05, 3.63) is 29.3 Å². The molecule has 4 nitrogen and oxygen atoms in total. The van der Waals surface area contributed by atoms with E-state index in [2.05, 4.69) is 22.5 Å². The summed E-state index contributed by atoms with van der Waals surface area (Å²) in [5, 5.41) is 14.6. The van der Waals surface area contributed by atoms with Gasteiger partial charge in [-0.2, -0.15) is 0 Å². The molecule has 1 aliphatic rings. The van der Waals surface area contributed by atoms with Crippen molar-refractivity contribution in [2.24, 2.45) is 0 Å². The molecule has 0 heterocycles. The highest BCUT2D eigenvalue weighted by Gasteiger charge is 2.16. The van der Waals surface area contributed by atoms with Gasteiger partial charge in [0.25, 0.3) is 0 Å². The maximum Gasteiger partial charge on any atom is 0.319 e. The normalized spacial score (nSPS) is 14.5. The van der Waals surface area contributed by atoms with Gasteiger partial charge in [-0.3, -0.25) is 0 Å². The average molecular weight is 272 g/mol. The van der Waals surface area contributed by atoms with E-state index in [1.807, 2.05) is 25.1 Å². The van der Waals surface area contributed by atoms with Crippen LogP contribution in [-0.2, 0) is 0 Å². The number of aliphatic hydroxyl groups excluding tert-OH is 1. The zero-order valence-electron chi connectivity index (χ0n) is 11.7. The van der Waals surface area contributed by atoms with Gasteiger partial charge in [0.1, 0.15) is 6.61 Å². The van der Waals surface area contributed by atoms with E-state index in [1.165, 1.54) is 12.8 Å². The third kappa shape index (κ3) is 4.01. The van der Waals surface area contributed by atoms with Crippen LogP contribution >= 0.6 is 0 Å². The quantitative estimate of drug-likeness (QED) is 0.724. The first-order valence-electron chi connectivity index (χ1n) is 6.97. The molecule has 0 aliphatic heterocycles. The highest BCUT2D eigenvalue weighted by atomic mass is 16.2. The van der Waals surface area contributed by atoms with Crippen molar-refractivity contribution in [2.45, 2.75) is 38.6 Å². The summed E-state index contributed by atoms with van der Waals surface area (Å²) in [5.74, 6) is 5.50. The molecule has 106 valence electrons. The molecule has 0 unspecified atom stereocenters. The lowest BCUT2D eigenvalue weighted by Gasteiger charge is -2.13. The smallest absolute Gasteiger partial charge is 0.319 e. The van der Waals surface area contributed by atoms with Crippen LogP contribution in [0.3, 0.4) is 0 Å². The maximum absolute atomic E-state index is 11.9. The maximum atomic E-state index is 11.9. The Bertz CT molecular complexity index is 537. The first-order chi connectivity index (χ1) is 9.69. The number of hydrogen-bond acceptors (Lipinski definition) is 2. The number of benzene rings is 1. The number of rotatable bonds is 2. The third-order valence-electron chi connectivity index (χ3n) is 3.49. The Morgan fingerprint density at radius 1 is 1.40 bits per heavy atom. The summed E-state index contributed by atoms with van der Waals surface area (Å²) in [4.78, 5) is 11.9. The van der Waals surface area contributed by atoms with Crippen LogP contribution in [0.1, 0.15) is 36.8 Å². The molecule has 0 aromatic heterocycles. The molecule has 1 aliphatic carbocycles. The lowest BCUT2D eigenvalue weighted by Crippen LogP contribution is -2.36. The first-order valence-corrected chi connectivity index (χ1v) is 6.97. The lowest BCUT2D eigenvalue weighted by molar-refractivity contribution is 0.248. The Hall–Kier alpha value is -1.99. The largest absolute Gasteiger partial charge is 0.384 e. The van der Waals surface area contributed by atoms with E-state index in [1.54, 1.807) is 0 Å². The highest BCUT2D eigenvalue weighted by molar-refractivity contribution is 5.89. The Balaban J connectivity index is 1.99. The van der Waals surface area contributed by atoms with E-state index >= 15 is 0 Å². The SMILES string of the molecule is Cc1ccc(NC(=O)NC2CCCC2)cc1C#CCO. The Morgan fingerprint density at radius 2 is 2.15 bits per heavy atom. The van der Waals surface area contributed by atoms with Crippen LogP contribution in [0.4, 0.5) is 10.5 Å². The minimum Gasteiger partial charge on any atom is -0.384 e. The summed E-state index contributed by atoms with van der Waals surface area (Å²) >= 11 is 0. The average Bonchev–Trinajstić information content (AvgIpc) is 2.92. The molecule has 1 aromatic rings. The van der Waals surface area contributed by atoms with Gasteiger partial charge in [-0.1, -0.05) is 30.7 Å². The van der Waals surface area contributed by atoms with Crippen molar-refractivity contribution in [1.29, 1.82) is 0 Å². The molecule has 1 aromatic carbocycles. The Morgan fingerprint density at radius 3 is 2.85 bits per heavy atom. The molecule has 2 rings (SSSR count). The number of carbonyl (C=O) groups excluding carboxylic acids is 1. The monoisotopic (exact) mass is 272 g/mol. The van der Waals surface area contributed by atoms with Crippen LogP contribution in [-0.4, -0.2) is 23.8 Å². The van der Waals surface area contributed by atoms with Crippen LogP contribution < -0.4 is 10.6 Å². The number of urea groups is 1. The van der Waals surface area contributed by atoms with Gasteiger partial charge in [0.2, 0.25) is 0 Å². The summed E-state index contributed by atoms with van der Waals surface area (Å²) in [5.41, 5.74) is 2.55. The molecule has 0 saturated heterocycles. The molecule has 0 radical (unpaired) electrons. The number of aryl methyl sites for hydroxylation is 1.